The Labute approximate surface area is 180 Å². The van der Waals surface area contributed by atoms with Crippen LogP contribution in [0.4, 0.5) is 0 Å². The third kappa shape index (κ3) is 6.42. The normalized spacial score (nSPS) is 11.3. The SMILES string of the molecule is Cc1ccc(CCCC(=O)NCCc2nc3ccccc3n2CCCN(C)C)cc1. The fourth-order valence-corrected chi connectivity index (χ4v) is 3.72. The zero-order valence-corrected chi connectivity index (χ0v) is 18.5. The van der Waals surface area contributed by atoms with Gasteiger partial charge in [0.1, 0.15) is 5.82 Å². The van der Waals surface area contributed by atoms with Gasteiger partial charge in [-0.3, -0.25) is 4.79 Å². The van der Waals surface area contributed by atoms with Crippen LogP contribution >= 0.6 is 0 Å². The highest BCUT2D eigenvalue weighted by atomic mass is 16.1. The van der Waals surface area contributed by atoms with Gasteiger partial charge in [0.15, 0.2) is 0 Å². The van der Waals surface area contributed by atoms with Crippen molar-refractivity contribution in [2.45, 2.75) is 45.6 Å². The predicted octanol–water partition coefficient (Wildman–Crippen LogP) is 3.98. The number of imidazole rings is 1. The number of benzene rings is 2. The van der Waals surface area contributed by atoms with Crippen LogP contribution in [0.2, 0.25) is 0 Å². The molecule has 0 aliphatic carbocycles. The second kappa shape index (κ2) is 10.9. The van der Waals surface area contributed by atoms with E-state index in [4.69, 9.17) is 4.98 Å². The Hall–Kier alpha value is -2.66. The van der Waals surface area contributed by atoms with E-state index in [1.165, 1.54) is 16.6 Å². The molecule has 5 heteroatoms. The largest absolute Gasteiger partial charge is 0.356 e. The number of carbonyl (C=O) groups is 1. The van der Waals surface area contributed by atoms with Crippen molar-refractivity contribution in [1.82, 2.24) is 19.8 Å². The standard InChI is InChI=1S/C25H34N4O/c1-20-12-14-21(15-13-20)8-6-11-25(30)26-17-16-24-27-22-9-4-5-10-23(22)29(24)19-7-18-28(2)3/h4-5,9-10,12-15H,6-8,11,16-19H2,1-3H3,(H,26,30). The molecule has 0 unspecified atom stereocenters. The Kier molecular flexibility index (Phi) is 8.03. The summed E-state index contributed by atoms with van der Waals surface area (Å²) in [4.78, 5) is 19.3. The van der Waals surface area contributed by atoms with Gasteiger partial charge in [0, 0.05) is 25.9 Å². The number of amides is 1. The second-order valence-corrected chi connectivity index (χ2v) is 8.26. The van der Waals surface area contributed by atoms with E-state index in [-0.39, 0.29) is 5.91 Å². The quantitative estimate of drug-likeness (QED) is 0.524. The smallest absolute Gasteiger partial charge is 0.220 e. The number of nitrogens with one attached hydrogen (secondary N) is 1. The summed E-state index contributed by atoms with van der Waals surface area (Å²) in [5.74, 6) is 1.17. The van der Waals surface area contributed by atoms with Crippen molar-refractivity contribution in [3.63, 3.8) is 0 Å². The summed E-state index contributed by atoms with van der Waals surface area (Å²) in [7, 11) is 4.20. The summed E-state index contributed by atoms with van der Waals surface area (Å²) < 4.78 is 2.31. The first-order chi connectivity index (χ1) is 14.5. The highest BCUT2D eigenvalue weighted by Gasteiger charge is 2.11. The van der Waals surface area contributed by atoms with Crippen LogP contribution in [0.25, 0.3) is 11.0 Å². The van der Waals surface area contributed by atoms with Gasteiger partial charge in [0.05, 0.1) is 11.0 Å². The van der Waals surface area contributed by atoms with Gasteiger partial charge < -0.3 is 14.8 Å². The highest BCUT2D eigenvalue weighted by molar-refractivity contribution is 5.76. The van der Waals surface area contributed by atoms with E-state index in [9.17, 15) is 4.79 Å². The molecule has 30 heavy (non-hydrogen) atoms. The number of para-hydroxylation sites is 2. The Morgan fingerprint density at radius 1 is 1.03 bits per heavy atom. The number of aromatic nitrogens is 2. The van der Waals surface area contributed by atoms with E-state index in [0.717, 1.165) is 50.1 Å². The van der Waals surface area contributed by atoms with Crippen molar-refractivity contribution in [2.75, 3.05) is 27.2 Å². The zero-order chi connectivity index (χ0) is 21.3. The Balaban J connectivity index is 1.48. The fraction of sp³-hybridized carbons (Fsp3) is 0.440. The molecular weight excluding hydrogens is 372 g/mol. The third-order valence-electron chi connectivity index (χ3n) is 5.38. The molecule has 0 spiro atoms. The summed E-state index contributed by atoms with van der Waals surface area (Å²) in [5, 5.41) is 3.07. The van der Waals surface area contributed by atoms with Crippen LogP contribution in [0, 0.1) is 6.92 Å². The number of hydrogen-bond acceptors (Lipinski definition) is 3. The van der Waals surface area contributed by atoms with Crippen LogP contribution in [0.1, 0.15) is 36.2 Å². The Bertz CT molecular complexity index is 943. The molecule has 0 aliphatic heterocycles. The van der Waals surface area contributed by atoms with Crippen molar-refractivity contribution in [3.05, 3.63) is 65.5 Å². The van der Waals surface area contributed by atoms with E-state index < -0.39 is 0 Å². The van der Waals surface area contributed by atoms with Crippen LogP contribution in [0.3, 0.4) is 0 Å². The first-order valence-electron chi connectivity index (χ1n) is 10.9. The lowest BCUT2D eigenvalue weighted by molar-refractivity contribution is -0.121. The fourth-order valence-electron chi connectivity index (χ4n) is 3.72. The van der Waals surface area contributed by atoms with Crippen LogP contribution in [0.5, 0.6) is 0 Å². The minimum atomic E-state index is 0.123. The van der Waals surface area contributed by atoms with Crippen LogP contribution < -0.4 is 5.32 Å². The molecule has 1 heterocycles. The maximum absolute atomic E-state index is 12.2. The van der Waals surface area contributed by atoms with E-state index in [1.54, 1.807) is 0 Å². The molecular formula is C25H34N4O. The second-order valence-electron chi connectivity index (χ2n) is 8.26. The summed E-state index contributed by atoms with van der Waals surface area (Å²) in [5.41, 5.74) is 4.77. The zero-order valence-electron chi connectivity index (χ0n) is 18.5. The van der Waals surface area contributed by atoms with Gasteiger partial charge in [0.25, 0.3) is 0 Å². The van der Waals surface area contributed by atoms with Crippen molar-refractivity contribution < 1.29 is 4.79 Å². The summed E-state index contributed by atoms with van der Waals surface area (Å²) >= 11 is 0. The first kappa shape index (κ1) is 22.0. The van der Waals surface area contributed by atoms with Crippen LogP contribution in [0.15, 0.2) is 48.5 Å². The maximum atomic E-state index is 12.2. The molecule has 0 radical (unpaired) electrons. The summed E-state index contributed by atoms with van der Waals surface area (Å²) in [6.45, 7) is 4.70. The molecule has 0 fully saturated rings. The minimum Gasteiger partial charge on any atom is -0.356 e. The van der Waals surface area contributed by atoms with Crippen molar-refractivity contribution in [1.29, 1.82) is 0 Å². The number of carbonyl (C=O) groups excluding carboxylic acids is 1. The molecule has 1 N–H and O–H groups in total. The van der Waals surface area contributed by atoms with Crippen LogP contribution in [-0.4, -0.2) is 47.5 Å². The van der Waals surface area contributed by atoms with E-state index in [0.29, 0.717) is 13.0 Å². The molecule has 0 saturated heterocycles. The van der Waals surface area contributed by atoms with Gasteiger partial charge >= 0.3 is 0 Å². The number of nitrogens with zero attached hydrogens (tertiary/aromatic N) is 3. The molecule has 2 aromatic carbocycles. The Morgan fingerprint density at radius 3 is 2.57 bits per heavy atom. The molecule has 5 nitrogen and oxygen atoms in total. The van der Waals surface area contributed by atoms with Crippen molar-refractivity contribution in [3.8, 4) is 0 Å². The average Bonchev–Trinajstić information content (AvgIpc) is 3.07. The molecule has 0 atom stereocenters. The van der Waals surface area contributed by atoms with Gasteiger partial charge in [-0.2, -0.15) is 0 Å². The lowest BCUT2D eigenvalue weighted by Crippen LogP contribution is -2.26. The molecule has 160 valence electrons. The molecule has 0 aliphatic rings. The summed E-state index contributed by atoms with van der Waals surface area (Å²) in [6.07, 6.45) is 4.20. The average molecular weight is 407 g/mol. The van der Waals surface area contributed by atoms with Crippen molar-refractivity contribution in [2.24, 2.45) is 0 Å². The van der Waals surface area contributed by atoms with Gasteiger partial charge in [-0.05, 0) is 64.5 Å². The van der Waals surface area contributed by atoms with Gasteiger partial charge in [-0.25, -0.2) is 4.98 Å². The molecule has 3 rings (SSSR count). The minimum absolute atomic E-state index is 0.123. The van der Waals surface area contributed by atoms with E-state index in [2.05, 4.69) is 78.3 Å². The molecule has 0 bridgehead atoms. The number of hydrogen-bond donors (Lipinski definition) is 1. The number of aryl methyl sites for hydroxylation is 3. The van der Waals surface area contributed by atoms with Gasteiger partial charge in [0.2, 0.25) is 5.91 Å². The Morgan fingerprint density at radius 2 is 1.80 bits per heavy atom. The van der Waals surface area contributed by atoms with Gasteiger partial charge in [-0.15, -0.1) is 0 Å². The maximum Gasteiger partial charge on any atom is 0.220 e. The number of rotatable bonds is 11. The number of fused-ring (bicyclic) bond motifs is 1. The van der Waals surface area contributed by atoms with Gasteiger partial charge in [-0.1, -0.05) is 42.0 Å². The highest BCUT2D eigenvalue weighted by Crippen LogP contribution is 2.17. The van der Waals surface area contributed by atoms with E-state index in [1.807, 2.05) is 6.07 Å². The monoisotopic (exact) mass is 406 g/mol. The first-order valence-corrected chi connectivity index (χ1v) is 10.9. The molecule has 1 aromatic heterocycles. The van der Waals surface area contributed by atoms with Crippen LogP contribution in [-0.2, 0) is 24.2 Å². The summed E-state index contributed by atoms with van der Waals surface area (Å²) in [6, 6.07) is 16.8. The van der Waals surface area contributed by atoms with Crippen molar-refractivity contribution >= 4 is 16.9 Å². The third-order valence-corrected chi connectivity index (χ3v) is 5.38. The predicted molar refractivity (Wildman–Crippen MR) is 124 cm³/mol. The van der Waals surface area contributed by atoms with E-state index >= 15 is 0 Å². The molecule has 0 saturated carbocycles. The lowest BCUT2D eigenvalue weighted by atomic mass is 10.1. The topological polar surface area (TPSA) is 50.2 Å². The molecule has 3 aromatic rings. The molecule has 1 amide bonds. The lowest BCUT2D eigenvalue weighted by Gasteiger charge is -2.13.